The molecule has 5 nitrogen and oxygen atoms in total. The van der Waals surface area contributed by atoms with Crippen LogP contribution in [0.15, 0.2) is 42.6 Å². The van der Waals surface area contributed by atoms with Crippen LogP contribution < -0.4 is 4.90 Å². The van der Waals surface area contributed by atoms with Crippen molar-refractivity contribution in [2.75, 3.05) is 31.1 Å². The summed E-state index contributed by atoms with van der Waals surface area (Å²) in [5.74, 6) is 0.986. The van der Waals surface area contributed by atoms with Crippen molar-refractivity contribution >= 4 is 32.7 Å². The summed E-state index contributed by atoms with van der Waals surface area (Å²) in [6.07, 6.45) is 4.90. The van der Waals surface area contributed by atoms with Crippen LogP contribution >= 0.6 is 11.3 Å². The lowest BCUT2D eigenvalue weighted by atomic mass is 10.1. The molecule has 1 aromatic carbocycles. The second kappa shape index (κ2) is 6.93. The third kappa shape index (κ3) is 3.54. The van der Waals surface area contributed by atoms with Gasteiger partial charge in [0.2, 0.25) is 5.91 Å². The average Bonchev–Trinajstić information content (AvgIpc) is 3.47. The summed E-state index contributed by atoms with van der Waals surface area (Å²) >= 11 is 1.67. The van der Waals surface area contributed by atoms with Gasteiger partial charge in [0.1, 0.15) is 0 Å². The molecule has 1 saturated heterocycles. The van der Waals surface area contributed by atoms with Crippen LogP contribution in [0.3, 0.4) is 0 Å². The Morgan fingerprint density at radius 2 is 1.85 bits per heavy atom. The quantitative estimate of drug-likeness (QED) is 0.698. The normalized spacial score (nSPS) is 17.5. The Morgan fingerprint density at radius 1 is 1.07 bits per heavy atom. The van der Waals surface area contributed by atoms with E-state index in [0.29, 0.717) is 6.42 Å². The molecule has 3 heterocycles. The summed E-state index contributed by atoms with van der Waals surface area (Å²) in [6.45, 7) is 3.16. The fraction of sp³-hybridized carbons (Fsp3) is 0.381. The van der Waals surface area contributed by atoms with Crippen molar-refractivity contribution in [1.82, 2.24) is 14.9 Å². The third-order valence-corrected chi connectivity index (χ3v) is 6.51. The largest absolute Gasteiger partial charge is 0.344 e. The van der Waals surface area contributed by atoms with E-state index in [-0.39, 0.29) is 5.91 Å². The number of nitrogens with zero attached hydrogens (tertiary/aromatic N) is 4. The number of carbonyl (C=O) groups is 1. The molecule has 27 heavy (non-hydrogen) atoms. The molecule has 2 aromatic heterocycles. The van der Waals surface area contributed by atoms with E-state index in [4.69, 9.17) is 0 Å². The topological polar surface area (TPSA) is 49.3 Å². The van der Waals surface area contributed by atoms with Gasteiger partial charge >= 0.3 is 0 Å². The lowest BCUT2D eigenvalue weighted by Crippen LogP contribution is -2.49. The molecular weight excluding hydrogens is 356 g/mol. The molecule has 1 amide bonds. The molecule has 5 rings (SSSR count). The predicted molar refractivity (Wildman–Crippen MR) is 108 cm³/mol. The number of hydrogen-bond acceptors (Lipinski definition) is 5. The highest BCUT2D eigenvalue weighted by molar-refractivity contribution is 7.22. The number of amides is 1. The Labute approximate surface area is 162 Å². The van der Waals surface area contributed by atoms with E-state index < -0.39 is 0 Å². The zero-order valence-electron chi connectivity index (χ0n) is 15.2. The average molecular weight is 379 g/mol. The van der Waals surface area contributed by atoms with Gasteiger partial charge in [-0.3, -0.25) is 4.79 Å². The Bertz CT molecular complexity index is 923. The molecule has 0 bridgehead atoms. The number of benzene rings is 1. The van der Waals surface area contributed by atoms with Gasteiger partial charge in [-0.25, -0.2) is 4.98 Å². The van der Waals surface area contributed by atoms with E-state index in [1.807, 2.05) is 11.0 Å². The Morgan fingerprint density at radius 3 is 2.56 bits per heavy atom. The molecular formula is C21H22N4OS. The van der Waals surface area contributed by atoms with E-state index in [9.17, 15) is 4.79 Å². The molecule has 0 N–H and O–H groups in total. The third-order valence-electron chi connectivity index (χ3n) is 5.44. The number of carbonyl (C=O) groups excluding carboxylic acids is 1. The summed E-state index contributed by atoms with van der Waals surface area (Å²) < 4.78 is 1.11. The van der Waals surface area contributed by atoms with Gasteiger partial charge in [0, 0.05) is 32.4 Å². The molecule has 0 radical (unpaired) electrons. The zero-order chi connectivity index (χ0) is 18.2. The van der Waals surface area contributed by atoms with Crippen LogP contribution in [0.1, 0.15) is 29.9 Å². The fourth-order valence-electron chi connectivity index (χ4n) is 3.65. The number of piperazine rings is 1. The van der Waals surface area contributed by atoms with E-state index >= 15 is 0 Å². The monoisotopic (exact) mass is 378 g/mol. The molecule has 1 aliphatic heterocycles. The highest BCUT2D eigenvalue weighted by Crippen LogP contribution is 2.39. The van der Waals surface area contributed by atoms with Gasteiger partial charge in [0.05, 0.1) is 11.1 Å². The first-order chi connectivity index (χ1) is 13.3. The molecule has 6 heteroatoms. The summed E-state index contributed by atoms with van der Waals surface area (Å²) in [5.41, 5.74) is 3.35. The van der Waals surface area contributed by atoms with E-state index in [1.165, 1.54) is 18.4 Å². The predicted octanol–water partition coefficient (Wildman–Crippen LogP) is 3.46. The molecule has 2 aliphatic rings. The second-order valence-corrected chi connectivity index (χ2v) is 8.39. The lowest BCUT2D eigenvalue weighted by molar-refractivity contribution is -0.130. The van der Waals surface area contributed by atoms with Gasteiger partial charge in [-0.1, -0.05) is 35.6 Å². The fourth-order valence-corrected chi connectivity index (χ4v) is 4.63. The molecule has 2 fully saturated rings. The number of aromatic nitrogens is 2. The first-order valence-corrected chi connectivity index (χ1v) is 10.4. The highest BCUT2D eigenvalue weighted by Gasteiger charge is 2.25. The van der Waals surface area contributed by atoms with E-state index in [0.717, 1.165) is 53.1 Å². The van der Waals surface area contributed by atoms with Gasteiger partial charge in [-0.15, -0.1) is 0 Å². The SMILES string of the molecule is O=C(Cc1ccc(C2CC2)cc1)N1CCN(c2nc3ncccc3s2)CC1. The van der Waals surface area contributed by atoms with E-state index in [1.54, 1.807) is 17.5 Å². The van der Waals surface area contributed by atoms with Crippen LogP contribution in [0.4, 0.5) is 5.13 Å². The number of fused-ring (bicyclic) bond motifs is 1. The maximum Gasteiger partial charge on any atom is 0.227 e. The number of thiazole rings is 1. The lowest BCUT2D eigenvalue weighted by Gasteiger charge is -2.34. The summed E-state index contributed by atoms with van der Waals surface area (Å²) in [5, 5.41) is 1.01. The Hall–Kier alpha value is -2.47. The van der Waals surface area contributed by atoms with Crippen LogP contribution in [0, 0.1) is 0 Å². The smallest absolute Gasteiger partial charge is 0.227 e. The molecule has 1 aliphatic carbocycles. The molecule has 3 aromatic rings. The maximum absolute atomic E-state index is 12.7. The van der Waals surface area contributed by atoms with Crippen molar-refractivity contribution in [1.29, 1.82) is 0 Å². The van der Waals surface area contributed by atoms with Crippen molar-refractivity contribution in [2.45, 2.75) is 25.2 Å². The number of hydrogen-bond donors (Lipinski definition) is 0. The standard InChI is InChI=1S/C21H22N4OS/c26-19(14-15-3-5-16(6-4-15)17-7-8-17)24-10-12-25(13-11-24)21-23-20-18(27-21)2-1-9-22-20/h1-6,9,17H,7-8,10-14H2. The highest BCUT2D eigenvalue weighted by atomic mass is 32.1. The first kappa shape index (κ1) is 16.7. The van der Waals surface area contributed by atoms with Crippen molar-refractivity contribution < 1.29 is 4.79 Å². The second-order valence-electron chi connectivity index (χ2n) is 7.38. The Balaban J connectivity index is 1.18. The van der Waals surface area contributed by atoms with Crippen molar-refractivity contribution in [2.24, 2.45) is 0 Å². The number of anilines is 1. The van der Waals surface area contributed by atoms with Crippen molar-refractivity contribution in [3.8, 4) is 0 Å². The van der Waals surface area contributed by atoms with Crippen molar-refractivity contribution in [3.63, 3.8) is 0 Å². The number of rotatable bonds is 4. The minimum atomic E-state index is 0.222. The molecule has 0 atom stereocenters. The Kier molecular flexibility index (Phi) is 4.28. The molecule has 1 saturated carbocycles. The van der Waals surface area contributed by atoms with Gasteiger partial charge < -0.3 is 9.80 Å². The van der Waals surface area contributed by atoms with Gasteiger partial charge in [-0.2, -0.15) is 4.98 Å². The minimum absolute atomic E-state index is 0.222. The zero-order valence-corrected chi connectivity index (χ0v) is 16.0. The number of pyridine rings is 1. The van der Waals surface area contributed by atoms with Gasteiger partial charge in [0.25, 0.3) is 0 Å². The maximum atomic E-state index is 12.7. The minimum Gasteiger partial charge on any atom is -0.344 e. The first-order valence-electron chi connectivity index (χ1n) is 9.59. The van der Waals surface area contributed by atoms with Crippen molar-refractivity contribution in [3.05, 3.63) is 53.7 Å². The van der Waals surface area contributed by atoms with Gasteiger partial charge in [-0.05, 0) is 42.0 Å². The molecule has 0 unspecified atom stereocenters. The van der Waals surface area contributed by atoms with Gasteiger partial charge in [0.15, 0.2) is 10.8 Å². The van der Waals surface area contributed by atoms with Crippen LogP contribution in [-0.2, 0) is 11.2 Å². The van der Waals surface area contributed by atoms with Crippen LogP contribution in [0.25, 0.3) is 10.3 Å². The van der Waals surface area contributed by atoms with Crippen LogP contribution in [0.5, 0.6) is 0 Å². The molecule has 138 valence electrons. The molecule has 0 spiro atoms. The van der Waals surface area contributed by atoms with E-state index in [2.05, 4.69) is 45.2 Å². The summed E-state index contributed by atoms with van der Waals surface area (Å²) in [6, 6.07) is 12.6. The van der Waals surface area contributed by atoms with Crippen LogP contribution in [-0.4, -0.2) is 47.0 Å². The summed E-state index contributed by atoms with van der Waals surface area (Å²) in [7, 11) is 0. The summed E-state index contributed by atoms with van der Waals surface area (Å²) in [4.78, 5) is 25.9. The van der Waals surface area contributed by atoms with Crippen LogP contribution in [0.2, 0.25) is 0 Å².